The lowest BCUT2D eigenvalue weighted by Crippen LogP contribution is -2.11. The normalized spacial score (nSPS) is 18.4. The van der Waals surface area contributed by atoms with Gasteiger partial charge in [-0.2, -0.15) is 0 Å². The largest absolute Gasteiger partial charge is 0.316 e. The fraction of sp³-hybridized carbons (Fsp3) is 0.250. The topological polar surface area (TPSA) is 42.2 Å². The van der Waals surface area contributed by atoms with E-state index in [0.717, 1.165) is 30.8 Å². The van der Waals surface area contributed by atoms with E-state index in [9.17, 15) is 4.39 Å². The van der Waals surface area contributed by atoms with Gasteiger partial charge < -0.3 is 5.32 Å². The summed E-state index contributed by atoms with van der Waals surface area (Å²) in [7, 11) is 0. The van der Waals surface area contributed by atoms with Crippen molar-refractivity contribution >= 4 is 5.78 Å². The second-order valence-corrected chi connectivity index (χ2v) is 5.35. The molecule has 1 saturated heterocycles. The van der Waals surface area contributed by atoms with Crippen LogP contribution in [-0.2, 0) is 0 Å². The van der Waals surface area contributed by atoms with Gasteiger partial charge >= 0.3 is 0 Å². The van der Waals surface area contributed by atoms with Gasteiger partial charge in [-0.15, -0.1) is 0 Å². The van der Waals surface area contributed by atoms with Gasteiger partial charge in [0.05, 0.1) is 11.9 Å². The molecule has 0 amide bonds. The molecule has 1 unspecified atom stereocenters. The van der Waals surface area contributed by atoms with E-state index >= 15 is 0 Å². The van der Waals surface area contributed by atoms with E-state index in [1.807, 2.05) is 6.20 Å². The summed E-state index contributed by atoms with van der Waals surface area (Å²) in [6.07, 6.45) is 4.73. The van der Waals surface area contributed by atoms with Crippen LogP contribution in [0.3, 0.4) is 0 Å². The Bertz CT molecular complexity index is 773. The molecule has 1 atom stereocenters. The molecule has 4 rings (SSSR count). The predicted molar refractivity (Wildman–Crippen MR) is 78.6 cm³/mol. The van der Waals surface area contributed by atoms with E-state index in [2.05, 4.69) is 25.8 Å². The summed E-state index contributed by atoms with van der Waals surface area (Å²) in [5.74, 6) is 0.925. The van der Waals surface area contributed by atoms with Crippen molar-refractivity contribution in [3.05, 3.63) is 54.2 Å². The summed E-state index contributed by atoms with van der Waals surface area (Å²) in [5.41, 5.74) is 3.12. The highest BCUT2D eigenvalue weighted by molar-refractivity contribution is 5.63. The lowest BCUT2D eigenvalue weighted by molar-refractivity contribution is 0.628. The van der Waals surface area contributed by atoms with Gasteiger partial charge in [0.15, 0.2) is 0 Å². The zero-order chi connectivity index (χ0) is 14.2. The Morgan fingerprint density at radius 3 is 2.76 bits per heavy atom. The maximum Gasteiger partial charge on any atom is 0.234 e. The summed E-state index contributed by atoms with van der Waals surface area (Å²) in [6, 6.07) is 8.56. The number of aromatic nitrogens is 3. The van der Waals surface area contributed by atoms with Crippen molar-refractivity contribution in [2.75, 3.05) is 13.1 Å². The molecule has 0 spiro atoms. The zero-order valence-electron chi connectivity index (χ0n) is 11.5. The second-order valence-electron chi connectivity index (χ2n) is 5.35. The molecule has 0 saturated carbocycles. The van der Waals surface area contributed by atoms with Gasteiger partial charge in [0.25, 0.3) is 0 Å². The molecule has 1 N–H and O–H groups in total. The van der Waals surface area contributed by atoms with E-state index in [0.29, 0.717) is 11.7 Å². The minimum Gasteiger partial charge on any atom is -0.316 e. The third kappa shape index (κ3) is 2.10. The summed E-state index contributed by atoms with van der Waals surface area (Å²) in [4.78, 5) is 8.72. The fourth-order valence-corrected chi connectivity index (χ4v) is 2.99. The van der Waals surface area contributed by atoms with Crippen molar-refractivity contribution in [2.45, 2.75) is 12.3 Å². The summed E-state index contributed by atoms with van der Waals surface area (Å²) >= 11 is 0. The van der Waals surface area contributed by atoms with Crippen molar-refractivity contribution in [1.29, 1.82) is 0 Å². The molecule has 2 aromatic heterocycles. The third-order valence-electron chi connectivity index (χ3n) is 4.06. The first-order valence-corrected chi connectivity index (χ1v) is 7.12. The smallest absolute Gasteiger partial charge is 0.234 e. The van der Waals surface area contributed by atoms with E-state index in [-0.39, 0.29) is 5.82 Å². The third-order valence-corrected chi connectivity index (χ3v) is 4.06. The number of hydrogen-bond acceptors (Lipinski definition) is 3. The number of rotatable bonds is 2. The Labute approximate surface area is 121 Å². The number of halogens is 1. The van der Waals surface area contributed by atoms with E-state index in [4.69, 9.17) is 0 Å². The van der Waals surface area contributed by atoms with Crippen LogP contribution in [0.1, 0.15) is 18.0 Å². The highest BCUT2D eigenvalue weighted by atomic mass is 19.1. The van der Waals surface area contributed by atoms with E-state index in [1.54, 1.807) is 18.3 Å². The van der Waals surface area contributed by atoms with Gasteiger partial charge in [-0.05, 0) is 43.3 Å². The second kappa shape index (κ2) is 4.93. The van der Waals surface area contributed by atoms with Crippen LogP contribution in [0.4, 0.5) is 4.39 Å². The molecule has 3 heterocycles. The van der Waals surface area contributed by atoms with Crippen LogP contribution in [0.15, 0.2) is 42.7 Å². The number of benzene rings is 1. The predicted octanol–water partition coefficient (Wildman–Crippen LogP) is 2.61. The van der Waals surface area contributed by atoms with Gasteiger partial charge in [0, 0.05) is 29.9 Å². The summed E-state index contributed by atoms with van der Waals surface area (Å²) in [6.45, 7) is 2.01. The first-order chi connectivity index (χ1) is 10.3. The maximum absolute atomic E-state index is 13.1. The van der Waals surface area contributed by atoms with Crippen LogP contribution in [0.2, 0.25) is 0 Å². The molecule has 1 fully saturated rings. The number of nitrogens with one attached hydrogen (secondary N) is 1. The van der Waals surface area contributed by atoms with E-state index < -0.39 is 0 Å². The van der Waals surface area contributed by atoms with Crippen LogP contribution in [0.5, 0.6) is 0 Å². The standard InChI is InChI=1S/C16H15FN4/c17-13-3-1-11(2-4-13)15-10-20-16-19-8-6-14(21(15)16)12-5-7-18-9-12/h1-4,6,8,10,12,18H,5,7,9H2. The SMILES string of the molecule is Fc1ccc(-c2cnc3nccc(C4CCNC4)n23)cc1. The fourth-order valence-electron chi connectivity index (χ4n) is 2.99. The highest BCUT2D eigenvalue weighted by Gasteiger charge is 2.21. The molecule has 0 radical (unpaired) electrons. The molecule has 4 nitrogen and oxygen atoms in total. The lowest BCUT2D eigenvalue weighted by atomic mass is 10.0. The molecule has 5 heteroatoms. The van der Waals surface area contributed by atoms with Crippen molar-refractivity contribution < 1.29 is 4.39 Å². The Kier molecular flexibility index (Phi) is 2.93. The molecule has 0 bridgehead atoms. The zero-order valence-corrected chi connectivity index (χ0v) is 11.5. The van der Waals surface area contributed by atoms with Crippen LogP contribution >= 0.6 is 0 Å². The minimum atomic E-state index is -0.231. The monoisotopic (exact) mass is 282 g/mol. The number of imidazole rings is 1. The van der Waals surface area contributed by atoms with Crippen molar-refractivity contribution in [2.24, 2.45) is 0 Å². The van der Waals surface area contributed by atoms with Gasteiger partial charge in [-0.3, -0.25) is 4.40 Å². The Morgan fingerprint density at radius 2 is 2.00 bits per heavy atom. The van der Waals surface area contributed by atoms with Gasteiger partial charge in [-0.25, -0.2) is 14.4 Å². The molecule has 21 heavy (non-hydrogen) atoms. The number of fused-ring (bicyclic) bond motifs is 1. The average Bonchev–Trinajstić information content (AvgIpc) is 3.17. The van der Waals surface area contributed by atoms with Gasteiger partial charge in [0.1, 0.15) is 5.82 Å². The molecule has 106 valence electrons. The summed E-state index contributed by atoms with van der Waals surface area (Å²) < 4.78 is 15.2. The number of hydrogen-bond donors (Lipinski definition) is 1. The lowest BCUT2D eigenvalue weighted by Gasteiger charge is -2.13. The van der Waals surface area contributed by atoms with Gasteiger partial charge in [-0.1, -0.05) is 0 Å². The molecule has 1 aliphatic rings. The Balaban J connectivity index is 1.91. The Hall–Kier alpha value is -2.27. The Morgan fingerprint density at radius 1 is 1.14 bits per heavy atom. The first-order valence-electron chi connectivity index (χ1n) is 7.12. The molecule has 3 aromatic rings. The maximum atomic E-state index is 13.1. The van der Waals surface area contributed by atoms with Crippen LogP contribution in [0, 0.1) is 5.82 Å². The number of nitrogens with zero attached hydrogens (tertiary/aromatic N) is 3. The first kappa shape index (κ1) is 12.5. The minimum absolute atomic E-state index is 0.231. The van der Waals surface area contributed by atoms with E-state index in [1.165, 1.54) is 17.8 Å². The van der Waals surface area contributed by atoms with Crippen molar-refractivity contribution in [3.8, 4) is 11.3 Å². The summed E-state index contributed by atoms with van der Waals surface area (Å²) in [5, 5.41) is 3.39. The average molecular weight is 282 g/mol. The molecule has 0 aliphatic carbocycles. The van der Waals surface area contributed by atoms with Crippen molar-refractivity contribution in [1.82, 2.24) is 19.7 Å². The molecular formula is C16H15FN4. The molecular weight excluding hydrogens is 267 g/mol. The van der Waals surface area contributed by atoms with Gasteiger partial charge in [0.2, 0.25) is 5.78 Å². The van der Waals surface area contributed by atoms with Crippen LogP contribution in [0.25, 0.3) is 17.0 Å². The van der Waals surface area contributed by atoms with Crippen molar-refractivity contribution in [3.63, 3.8) is 0 Å². The molecule has 1 aliphatic heterocycles. The highest BCUT2D eigenvalue weighted by Crippen LogP contribution is 2.27. The van der Waals surface area contributed by atoms with Crippen LogP contribution < -0.4 is 5.32 Å². The molecule has 1 aromatic carbocycles. The van der Waals surface area contributed by atoms with Crippen LogP contribution in [-0.4, -0.2) is 27.5 Å². The quantitative estimate of drug-likeness (QED) is 0.785.